The predicted octanol–water partition coefficient (Wildman–Crippen LogP) is 1.94. The van der Waals surface area contributed by atoms with Crippen LogP contribution >= 0.6 is 15.9 Å². The zero-order valence-corrected chi connectivity index (χ0v) is 11.9. The molecule has 0 aliphatic rings. The van der Waals surface area contributed by atoms with E-state index in [0.29, 0.717) is 12.1 Å². The van der Waals surface area contributed by atoms with Crippen molar-refractivity contribution in [2.24, 2.45) is 5.73 Å². The van der Waals surface area contributed by atoms with Crippen molar-refractivity contribution in [3.8, 4) is 0 Å². The molecule has 5 heteroatoms. The normalized spacial score (nSPS) is 11.4. The van der Waals surface area contributed by atoms with Gasteiger partial charge in [0.05, 0.1) is 11.3 Å². The van der Waals surface area contributed by atoms with Crippen LogP contribution in [0.4, 0.5) is 5.69 Å². The van der Waals surface area contributed by atoms with E-state index in [1.807, 2.05) is 18.0 Å². The molecule has 4 N–H and O–H groups in total. The molecule has 1 aromatic rings. The van der Waals surface area contributed by atoms with Crippen LogP contribution in [-0.4, -0.2) is 30.1 Å². The fourth-order valence-corrected chi connectivity index (χ4v) is 2.33. The molecule has 0 aliphatic heterocycles. The summed E-state index contributed by atoms with van der Waals surface area (Å²) in [6, 6.07) is 5.48. The topological polar surface area (TPSA) is 73.3 Å². The van der Waals surface area contributed by atoms with Gasteiger partial charge >= 0.3 is 0 Å². The molecule has 0 aromatic heterocycles. The third-order valence-electron chi connectivity index (χ3n) is 2.29. The molecule has 0 bridgehead atoms. The summed E-state index contributed by atoms with van der Waals surface area (Å²) >= 11 is 3.45. The molecule has 0 unspecified atom stereocenters. The zero-order chi connectivity index (χ0) is 13.2. The summed E-state index contributed by atoms with van der Waals surface area (Å²) in [5.41, 5.74) is 6.30. The maximum Gasteiger partial charge on any atom is 0.122 e. The summed E-state index contributed by atoms with van der Waals surface area (Å²) in [7, 11) is 1.91. The molecule has 0 atom stereocenters. The number of aliphatic hydroxyl groups is 1. The van der Waals surface area contributed by atoms with E-state index < -0.39 is 5.60 Å². The lowest BCUT2D eigenvalue weighted by Crippen LogP contribution is -2.36. The molecule has 0 saturated carbocycles. The standard InChI is InChI=1S/C12H18BrN3O/c1-12(2,17)7-16(3)10-5-4-8(11(14)15)6-9(10)13/h4-6,17H,7H2,1-3H3,(H3,14,15). The van der Waals surface area contributed by atoms with Gasteiger partial charge in [-0.15, -0.1) is 0 Å². The van der Waals surface area contributed by atoms with Gasteiger partial charge in [-0.3, -0.25) is 5.41 Å². The molecule has 1 aromatic carbocycles. The fraction of sp³-hybridized carbons (Fsp3) is 0.417. The number of halogens is 1. The van der Waals surface area contributed by atoms with E-state index in [9.17, 15) is 5.11 Å². The number of hydrogen-bond donors (Lipinski definition) is 3. The lowest BCUT2D eigenvalue weighted by atomic mass is 10.1. The number of nitrogens with zero attached hydrogens (tertiary/aromatic N) is 1. The first-order valence-electron chi connectivity index (χ1n) is 5.28. The molecule has 0 spiro atoms. The molecule has 0 radical (unpaired) electrons. The Morgan fingerprint density at radius 2 is 2.12 bits per heavy atom. The first-order chi connectivity index (χ1) is 7.70. The second kappa shape index (κ2) is 5.06. The van der Waals surface area contributed by atoms with Crippen LogP contribution in [0.15, 0.2) is 22.7 Å². The number of nitrogen functional groups attached to an aromatic ring is 1. The fourth-order valence-electron chi connectivity index (χ4n) is 1.65. The average Bonchev–Trinajstić information content (AvgIpc) is 2.14. The quantitative estimate of drug-likeness (QED) is 0.588. The lowest BCUT2D eigenvalue weighted by molar-refractivity contribution is 0.0886. The number of hydrogen-bond acceptors (Lipinski definition) is 3. The van der Waals surface area contributed by atoms with E-state index in [-0.39, 0.29) is 5.84 Å². The predicted molar refractivity (Wildman–Crippen MR) is 74.7 cm³/mol. The third-order valence-corrected chi connectivity index (χ3v) is 2.93. The Labute approximate surface area is 110 Å². The molecule has 0 aliphatic carbocycles. The van der Waals surface area contributed by atoms with Crippen LogP contribution in [0.5, 0.6) is 0 Å². The summed E-state index contributed by atoms with van der Waals surface area (Å²) in [4.78, 5) is 1.95. The van der Waals surface area contributed by atoms with Crippen molar-refractivity contribution in [3.05, 3.63) is 28.2 Å². The molecule has 4 nitrogen and oxygen atoms in total. The Morgan fingerprint density at radius 3 is 2.53 bits per heavy atom. The minimum absolute atomic E-state index is 0.0439. The number of rotatable bonds is 4. The minimum Gasteiger partial charge on any atom is -0.389 e. The first-order valence-corrected chi connectivity index (χ1v) is 6.07. The molecule has 17 heavy (non-hydrogen) atoms. The van der Waals surface area contributed by atoms with E-state index in [4.69, 9.17) is 11.1 Å². The van der Waals surface area contributed by atoms with Gasteiger partial charge in [0.1, 0.15) is 5.84 Å². The number of benzene rings is 1. The Kier molecular flexibility index (Phi) is 4.16. The number of amidine groups is 1. The number of anilines is 1. The summed E-state index contributed by atoms with van der Waals surface area (Å²) in [5.74, 6) is 0.0439. The monoisotopic (exact) mass is 299 g/mol. The van der Waals surface area contributed by atoms with Gasteiger partial charge in [0, 0.05) is 23.6 Å². The minimum atomic E-state index is -0.757. The van der Waals surface area contributed by atoms with Crippen molar-refractivity contribution in [1.29, 1.82) is 5.41 Å². The van der Waals surface area contributed by atoms with Crippen molar-refractivity contribution < 1.29 is 5.11 Å². The van der Waals surface area contributed by atoms with E-state index in [0.717, 1.165) is 10.2 Å². The second-order valence-corrected chi connectivity index (χ2v) is 5.60. The van der Waals surface area contributed by atoms with Crippen LogP contribution in [0.3, 0.4) is 0 Å². The smallest absolute Gasteiger partial charge is 0.122 e. The second-order valence-electron chi connectivity index (χ2n) is 4.75. The molecule has 0 fully saturated rings. The highest BCUT2D eigenvalue weighted by molar-refractivity contribution is 9.10. The van der Waals surface area contributed by atoms with E-state index in [1.54, 1.807) is 26.0 Å². The maximum absolute atomic E-state index is 9.77. The summed E-state index contributed by atoms with van der Waals surface area (Å²) in [5, 5.41) is 17.1. The maximum atomic E-state index is 9.77. The van der Waals surface area contributed by atoms with E-state index in [1.165, 1.54) is 0 Å². The number of nitrogens with two attached hydrogens (primary N) is 1. The van der Waals surface area contributed by atoms with Gasteiger partial charge < -0.3 is 15.7 Å². The van der Waals surface area contributed by atoms with Gasteiger partial charge in [0.15, 0.2) is 0 Å². The third kappa shape index (κ3) is 4.02. The SMILES string of the molecule is CN(CC(C)(C)O)c1ccc(C(=N)N)cc1Br. The summed E-state index contributed by atoms with van der Waals surface area (Å²) in [6.45, 7) is 4.05. The van der Waals surface area contributed by atoms with E-state index >= 15 is 0 Å². The van der Waals surface area contributed by atoms with Gasteiger partial charge in [-0.2, -0.15) is 0 Å². The Balaban J connectivity index is 2.96. The lowest BCUT2D eigenvalue weighted by Gasteiger charge is -2.28. The van der Waals surface area contributed by atoms with Crippen molar-refractivity contribution in [3.63, 3.8) is 0 Å². The highest BCUT2D eigenvalue weighted by atomic mass is 79.9. The van der Waals surface area contributed by atoms with Gasteiger partial charge in [-0.1, -0.05) is 0 Å². The van der Waals surface area contributed by atoms with Gasteiger partial charge in [0.25, 0.3) is 0 Å². The van der Waals surface area contributed by atoms with E-state index in [2.05, 4.69) is 15.9 Å². The van der Waals surface area contributed by atoms with Gasteiger partial charge in [-0.25, -0.2) is 0 Å². The van der Waals surface area contributed by atoms with Crippen molar-refractivity contribution in [2.75, 3.05) is 18.5 Å². The Bertz CT molecular complexity index is 426. The van der Waals surface area contributed by atoms with Gasteiger partial charge in [-0.05, 0) is 48.0 Å². The summed E-state index contributed by atoms with van der Waals surface area (Å²) in [6.07, 6.45) is 0. The van der Waals surface area contributed by atoms with Crippen LogP contribution in [0.25, 0.3) is 0 Å². The molecular weight excluding hydrogens is 282 g/mol. The average molecular weight is 300 g/mol. The largest absolute Gasteiger partial charge is 0.389 e. The van der Waals surface area contributed by atoms with Crippen LogP contribution in [0.2, 0.25) is 0 Å². The number of nitrogens with one attached hydrogen (secondary N) is 1. The molecule has 0 heterocycles. The van der Waals surface area contributed by atoms with Crippen molar-refractivity contribution in [2.45, 2.75) is 19.4 Å². The highest BCUT2D eigenvalue weighted by Crippen LogP contribution is 2.27. The molecule has 94 valence electrons. The Hall–Kier alpha value is -1.07. The summed E-state index contributed by atoms with van der Waals surface area (Å²) < 4.78 is 0.858. The number of likely N-dealkylation sites (N-methyl/N-ethyl adjacent to an activating group) is 1. The van der Waals surface area contributed by atoms with Crippen LogP contribution in [0.1, 0.15) is 19.4 Å². The zero-order valence-electron chi connectivity index (χ0n) is 10.3. The van der Waals surface area contributed by atoms with Crippen molar-refractivity contribution in [1.82, 2.24) is 0 Å². The van der Waals surface area contributed by atoms with Crippen LogP contribution < -0.4 is 10.6 Å². The van der Waals surface area contributed by atoms with Crippen LogP contribution in [0, 0.1) is 5.41 Å². The van der Waals surface area contributed by atoms with Crippen molar-refractivity contribution >= 4 is 27.5 Å². The highest BCUT2D eigenvalue weighted by Gasteiger charge is 2.17. The van der Waals surface area contributed by atoms with Crippen LogP contribution in [-0.2, 0) is 0 Å². The molecule has 0 amide bonds. The first kappa shape index (κ1) is 14.0. The molecule has 1 rings (SSSR count). The Morgan fingerprint density at radius 1 is 1.53 bits per heavy atom. The van der Waals surface area contributed by atoms with Gasteiger partial charge in [0.2, 0.25) is 0 Å². The molecule has 0 saturated heterocycles. The molecular formula is C12H18BrN3O.